The minimum Gasteiger partial charge on any atom is -0.390 e. The topological polar surface area (TPSA) is 32.7 Å². The molecule has 15 heavy (non-hydrogen) atoms. The van der Waals surface area contributed by atoms with E-state index in [1.165, 1.54) is 12.8 Å². The van der Waals surface area contributed by atoms with E-state index in [1.54, 1.807) is 0 Å². The van der Waals surface area contributed by atoms with Crippen LogP contribution >= 0.6 is 0 Å². The van der Waals surface area contributed by atoms with E-state index >= 15 is 0 Å². The fraction of sp³-hybridized carbons (Fsp3) is 1.00. The highest BCUT2D eigenvalue weighted by atomic mass is 16.5. The zero-order valence-electron chi connectivity index (χ0n) is 9.85. The number of aliphatic hydroxyl groups is 1. The summed E-state index contributed by atoms with van der Waals surface area (Å²) in [5.41, 5.74) is 0. The quantitative estimate of drug-likeness (QED) is 0.763. The van der Waals surface area contributed by atoms with Gasteiger partial charge in [0, 0.05) is 19.1 Å². The molecule has 1 N–H and O–H groups in total. The highest BCUT2D eigenvalue weighted by molar-refractivity contribution is 4.84. The van der Waals surface area contributed by atoms with Crippen LogP contribution in [0.3, 0.4) is 0 Å². The summed E-state index contributed by atoms with van der Waals surface area (Å²) in [7, 11) is 0. The Kier molecular flexibility index (Phi) is 3.65. The van der Waals surface area contributed by atoms with Crippen LogP contribution in [-0.4, -0.2) is 48.0 Å². The zero-order chi connectivity index (χ0) is 10.8. The van der Waals surface area contributed by atoms with Crippen LogP contribution in [-0.2, 0) is 4.74 Å². The second-order valence-electron chi connectivity index (χ2n) is 5.24. The molecule has 0 spiro atoms. The van der Waals surface area contributed by atoms with Gasteiger partial charge in [-0.1, -0.05) is 12.8 Å². The molecule has 0 amide bonds. The summed E-state index contributed by atoms with van der Waals surface area (Å²) < 4.78 is 5.66. The first-order valence-corrected chi connectivity index (χ1v) is 6.20. The molecule has 0 aromatic carbocycles. The van der Waals surface area contributed by atoms with Crippen LogP contribution in [0.2, 0.25) is 0 Å². The molecule has 1 aliphatic carbocycles. The van der Waals surface area contributed by atoms with Gasteiger partial charge in [-0.25, -0.2) is 0 Å². The van der Waals surface area contributed by atoms with Crippen molar-refractivity contribution in [3.63, 3.8) is 0 Å². The Morgan fingerprint density at radius 1 is 1.40 bits per heavy atom. The van der Waals surface area contributed by atoms with E-state index in [0.717, 1.165) is 32.0 Å². The molecular formula is C12H23NO2. The Hall–Kier alpha value is -0.120. The summed E-state index contributed by atoms with van der Waals surface area (Å²) in [6, 6.07) is 0.560. The lowest BCUT2D eigenvalue weighted by molar-refractivity contribution is -0.0976. The normalized spacial score (nSPS) is 30.8. The summed E-state index contributed by atoms with van der Waals surface area (Å²) in [5.74, 6) is 0.776. The van der Waals surface area contributed by atoms with Crippen LogP contribution < -0.4 is 0 Å². The number of morpholine rings is 1. The van der Waals surface area contributed by atoms with Crippen molar-refractivity contribution in [3.8, 4) is 0 Å². The van der Waals surface area contributed by atoms with Gasteiger partial charge in [0.2, 0.25) is 0 Å². The largest absolute Gasteiger partial charge is 0.390 e. The average Bonchev–Trinajstić information content (AvgIpc) is 3.02. The maximum absolute atomic E-state index is 10.0. The smallest absolute Gasteiger partial charge is 0.0961 e. The van der Waals surface area contributed by atoms with Gasteiger partial charge in [0.15, 0.2) is 0 Å². The predicted octanol–water partition coefficient (Wildman–Crippen LogP) is 1.26. The lowest BCUT2D eigenvalue weighted by Crippen LogP contribution is -2.50. The third-order valence-corrected chi connectivity index (χ3v) is 3.56. The zero-order valence-corrected chi connectivity index (χ0v) is 9.85. The van der Waals surface area contributed by atoms with Crippen LogP contribution in [0.4, 0.5) is 0 Å². The Morgan fingerprint density at radius 2 is 2.13 bits per heavy atom. The molecule has 1 aliphatic heterocycles. The number of hydrogen-bond acceptors (Lipinski definition) is 3. The molecule has 2 aliphatic rings. The number of nitrogens with zero attached hydrogens (tertiary/aromatic N) is 1. The van der Waals surface area contributed by atoms with Gasteiger partial charge in [-0.2, -0.15) is 0 Å². The van der Waals surface area contributed by atoms with Crippen LogP contribution in [0.1, 0.15) is 33.1 Å². The lowest BCUT2D eigenvalue weighted by Gasteiger charge is -2.37. The van der Waals surface area contributed by atoms with E-state index in [2.05, 4.69) is 18.7 Å². The van der Waals surface area contributed by atoms with Gasteiger partial charge < -0.3 is 9.84 Å². The molecule has 0 aromatic rings. The molecule has 1 heterocycles. The van der Waals surface area contributed by atoms with Crippen LogP contribution in [0.25, 0.3) is 0 Å². The van der Waals surface area contributed by atoms with Gasteiger partial charge in [-0.15, -0.1) is 0 Å². The van der Waals surface area contributed by atoms with Crippen LogP contribution in [0.5, 0.6) is 0 Å². The van der Waals surface area contributed by atoms with Gasteiger partial charge in [-0.05, 0) is 26.2 Å². The molecule has 1 saturated heterocycles. The third kappa shape index (κ3) is 3.16. The van der Waals surface area contributed by atoms with Crippen molar-refractivity contribution in [2.24, 2.45) is 5.92 Å². The first-order valence-electron chi connectivity index (χ1n) is 6.20. The summed E-state index contributed by atoms with van der Waals surface area (Å²) in [6.45, 7) is 7.08. The molecule has 3 nitrogen and oxygen atoms in total. The summed E-state index contributed by atoms with van der Waals surface area (Å²) in [4.78, 5) is 2.39. The van der Waals surface area contributed by atoms with E-state index in [9.17, 15) is 5.11 Å². The second-order valence-corrected chi connectivity index (χ2v) is 5.24. The Bertz CT molecular complexity index is 204. The van der Waals surface area contributed by atoms with Gasteiger partial charge in [0.1, 0.15) is 0 Å². The van der Waals surface area contributed by atoms with Crippen molar-refractivity contribution in [3.05, 3.63) is 0 Å². The monoisotopic (exact) mass is 213 g/mol. The van der Waals surface area contributed by atoms with Crippen molar-refractivity contribution in [2.45, 2.75) is 51.4 Å². The van der Waals surface area contributed by atoms with E-state index in [1.807, 2.05) is 0 Å². The van der Waals surface area contributed by atoms with Gasteiger partial charge in [0.05, 0.1) is 18.8 Å². The fourth-order valence-electron chi connectivity index (χ4n) is 2.25. The fourth-order valence-corrected chi connectivity index (χ4v) is 2.25. The molecule has 88 valence electrons. The Morgan fingerprint density at radius 3 is 2.73 bits per heavy atom. The van der Waals surface area contributed by atoms with Gasteiger partial charge in [0.25, 0.3) is 0 Å². The second kappa shape index (κ2) is 4.81. The number of rotatable bonds is 4. The summed E-state index contributed by atoms with van der Waals surface area (Å²) in [5, 5.41) is 10.0. The van der Waals surface area contributed by atoms with Gasteiger partial charge >= 0.3 is 0 Å². The highest BCUT2D eigenvalue weighted by Gasteiger charge is 2.32. The first kappa shape index (κ1) is 11.4. The van der Waals surface area contributed by atoms with Crippen molar-refractivity contribution in [1.29, 1.82) is 0 Å². The number of ether oxygens (including phenoxy) is 1. The van der Waals surface area contributed by atoms with E-state index < -0.39 is 0 Å². The molecule has 3 heteroatoms. The molecule has 0 bridgehead atoms. The molecule has 2 atom stereocenters. The number of hydrogen-bond donors (Lipinski definition) is 1. The average molecular weight is 213 g/mol. The minimum absolute atomic E-state index is 0.0433. The molecule has 1 saturated carbocycles. The van der Waals surface area contributed by atoms with Crippen LogP contribution in [0.15, 0.2) is 0 Å². The Labute approximate surface area is 92.4 Å². The summed E-state index contributed by atoms with van der Waals surface area (Å²) in [6.07, 6.45) is 3.34. The number of aliphatic hydroxyl groups excluding tert-OH is 1. The molecule has 2 rings (SSSR count). The Balaban J connectivity index is 1.79. The van der Waals surface area contributed by atoms with Crippen molar-refractivity contribution >= 4 is 0 Å². The van der Waals surface area contributed by atoms with Crippen molar-refractivity contribution < 1.29 is 9.84 Å². The molecular weight excluding hydrogens is 190 g/mol. The van der Waals surface area contributed by atoms with E-state index in [0.29, 0.717) is 6.04 Å². The van der Waals surface area contributed by atoms with E-state index in [-0.39, 0.29) is 12.2 Å². The molecule has 0 aromatic heterocycles. The maximum Gasteiger partial charge on any atom is 0.0961 e. The lowest BCUT2D eigenvalue weighted by atomic mass is 10.1. The van der Waals surface area contributed by atoms with Crippen molar-refractivity contribution in [1.82, 2.24) is 4.90 Å². The summed E-state index contributed by atoms with van der Waals surface area (Å²) >= 11 is 0. The maximum atomic E-state index is 10.0. The predicted molar refractivity (Wildman–Crippen MR) is 59.8 cm³/mol. The molecule has 0 radical (unpaired) electrons. The minimum atomic E-state index is -0.251. The third-order valence-electron chi connectivity index (χ3n) is 3.56. The molecule has 2 unspecified atom stereocenters. The van der Waals surface area contributed by atoms with E-state index in [4.69, 9.17) is 4.74 Å². The van der Waals surface area contributed by atoms with Crippen LogP contribution in [0, 0.1) is 5.92 Å². The van der Waals surface area contributed by atoms with Crippen molar-refractivity contribution in [2.75, 3.05) is 19.7 Å². The van der Waals surface area contributed by atoms with Gasteiger partial charge in [-0.3, -0.25) is 4.90 Å². The standard InChI is InChI=1S/C12H23NO2/c1-9(2)13-5-6-15-12(8-13)11(14)7-10-3-4-10/h9-12,14H,3-8H2,1-2H3. The molecule has 2 fully saturated rings. The first-order chi connectivity index (χ1) is 7.16. The highest BCUT2D eigenvalue weighted by Crippen LogP contribution is 2.34. The SMILES string of the molecule is CC(C)N1CCOC(C(O)CC2CC2)C1.